The molecule has 0 bridgehead atoms. The Morgan fingerprint density at radius 1 is 1.43 bits per heavy atom. The van der Waals surface area contributed by atoms with Crippen LogP contribution < -0.4 is 5.32 Å². The number of aryl methyl sites for hydroxylation is 1. The number of alkyl halides is 3. The van der Waals surface area contributed by atoms with Gasteiger partial charge in [-0.3, -0.25) is 9.51 Å². The first-order chi connectivity index (χ1) is 9.49. The number of pyridine rings is 1. The summed E-state index contributed by atoms with van der Waals surface area (Å²) in [5.41, 5.74) is 0.301. The quantitative estimate of drug-likeness (QED) is 0.583. The SMILES string of the molecule is Cc1ncc(COP(=O)(O)O)c(CNCC(F)(F)F)c1O. The van der Waals surface area contributed by atoms with Crippen molar-refractivity contribution in [2.45, 2.75) is 26.3 Å². The zero-order valence-electron chi connectivity index (χ0n) is 10.9. The number of aromatic nitrogens is 1. The van der Waals surface area contributed by atoms with Crippen LogP contribution in [0.25, 0.3) is 0 Å². The second-order valence-corrected chi connectivity index (χ2v) is 5.42. The first-order valence-electron chi connectivity index (χ1n) is 5.63. The highest BCUT2D eigenvalue weighted by molar-refractivity contribution is 7.46. The van der Waals surface area contributed by atoms with E-state index in [0.717, 1.165) is 0 Å². The molecule has 7 nitrogen and oxygen atoms in total. The smallest absolute Gasteiger partial charge is 0.469 e. The maximum absolute atomic E-state index is 12.1. The molecule has 0 aliphatic carbocycles. The molecular weight excluding hydrogens is 316 g/mol. The monoisotopic (exact) mass is 330 g/mol. The summed E-state index contributed by atoms with van der Waals surface area (Å²) in [6.45, 7) is -0.772. The van der Waals surface area contributed by atoms with E-state index in [1.165, 1.54) is 13.1 Å². The Balaban J connectivity index is 2.88. The highest BCUT2D eigenvalue weighted by Crippen LogP contribution is 2.38. The lowest BCUT2D eigenvalue weighted by molar-refractivity contribution is -0.125. The van der Waals surface area contributed by atoms with Crippen molar-refractivity contribution < 1.29 is 37.2 Å². The van der Waals surface area contributed by atoms with Gasteiger partial charge in [0, 0.05) is 23.9 Å². The lowest BCUT2D eigenvalue weighted by Crippen LogP contribution is -2.28. The molecule has 1 rings (SSSR count). The molecule has 0 fully saturated rings. The third-order valence-corrected chi connectivity index (χ3v) is 2.91. The van der Waals surface area contributed by atoms with E-state index in [1.54, 1.807) is 0 Å². The fraction of sp³-hybridized carbons (Fsp3) is 0.500. The van der Waals surface area contributed by atoms with Gasteiger partial charge in [0.25, 0.3) is 0 Å². The van der Waals surface area contributed by atoms with Crippen LogP contribution in [0.4, 0.5) is 13.2 Å². The van der Waals surface area contributed by atoms with Gasteiger partial charge in [0.15, 0.2) is 0 Å². The van der Waals surface area contributed by atoms with Crippen molar-refractivity contribution in [3.05, 3.63) is 23.0 Å². The molecule has 11 heteroatoms. The first kappa shape index (κ1) is 17.9. The molecule has 0 aromatic carbocycles. The molecule has 1 aromatic heterocycles. The van der Waals surface area contributed by atoms with Crippen molar-refractivity contribution in [1.82, 2.24) is 10.3 Å². The summed E-state index contributed by atoms with van der Waals surface area (Å²) >= 11 is 0. The van der Waals surface area contributed by atoms with Crippen LogP contribution in [0, 0.1) is 6.92 Å². The van der Waals surface area contributed by atoms with Gasteiger partial charge in [-0.15, -0.1) is 0 Å². The minimum Gasteiger partial charge on any atom is -0.506 e. The maximum atomic E-state index is 12.1. The number of aromatic hydroxyl groups is 1. The molecule has 0 radical (unpaired) electrons. The molecule has 0 amide bonds. The van der Waals surface area contributed by atoms with Gasteiger partial charge in [0.05, 0.1) is 18.8 Å². The van der Waals surface area contributed by atoms with E-state index in [2.05, 4.69) is 14.8 Å². The Morgan fingerprint density at radius 3 is 2.57 bits per heavy atom. The van der Waals surface area contributed by atoms with E-state index in [4.69, 9.17) is 9.79 Å². The second kappa shape index (κ2) is 6.71. The zero-order chi connectivity index (χ0) is 16.3. The Kier molecular flexibility index (Phi) is 5.71. The van der Waals surface area contributed by atoms with Gasteiger partial charge in [0.2, 0.25) is 0 Å². The van der Waals surface area contributed by atoms with Crippen molar-refractivity contribution in [2.24, 2.45) is 0 Å². The minimum absolute atomic E-state index is 0.0419. The summed E-state index contributed by atoms with van der Waals surface area (Å²) < 4.78 is 51.1. The average molecular weight is 330 g/mol. The van der Waals surface area contributed by atoms with Crippen molar-refractivity contribution >= 4 is 7.82 Å². The van der Waals surface area contributed by atoms with Gasteiger partial charge >= 0.3 is 14.0 Å². The van der Waals surface area contributed by atoms with Crippen LogP contribution in [0.3, 0.4) is 0 Å². The van der Waals surface area contributed by atoms with Gasteiger partial charge in [-0.25, -0.2) is 4.57 Å². The van der Waals surface area contributed by atoms with Gasteiger partial charge in [-0.1, -0.05) is 0 Å². The topological polar surface area (TPSA) is 112 Å². The molecule has 0 saturated carbocycles. The van der Waals surface area contributed by atoms with E-state index < -0.39 is 27.2 Å². The number of hydrogen-bond acceptors (Lipinski definition) is 5. The summed E-state index contributed by atoms with van der Waals surface area (Å²) in [5.74, 6) is -0.350. The fourth-order valence-electron chi connectivity index (χ4n) is 1.49. The maximum Gasteiger partial charge on any atom is 0.469 e. The Labute approximate surface area is 118 Å². The fourth-order valence-corrected chi connectivity index (χ4v) is 1.80. The van der Waals surface area contributed by atoms with E-state index in [1.807, 2.05) is 0 Å². The largest absolute Gasteiger partial charge is 0.506 e. The minimum atomic E-state index is -4.74. The molecule has 120 valence electrons. The number of halogens is 3. The summed E-state index contributed by atoms with van der Waals surface area (Å²) in [6.07, 6.45) is -3.24. The van der Waals surface area contributed by atoms with E-state index in [0.29, 0.717) is 0 Å². The highest BCUT2D eigenvalue weighted by atomic mass is 31.2. The molecule has 0 aliphatic heterocycles. The molecule has 0 unspecified atom stereocenters. The molecule has 4 N–H and O–H groups in total. The lowest BCUT2D eigenvalue weighted by Gasteiger charge is -2.15. The summed E-state index contributed by atoms with van der Waals surface area (Å²) in [7, 11) is -4.74. The van der Waals surface area contributed by atoms with E-state index >= 15 is 0 Å². The Hall–Kier alpha value is -1.19. The second-order valence-electron chi connectivity index (χ2n) is 4.18. The van der Waals surface area contributed by atoms with Crippen LogP contribution in [0.5, 0.6) is 5.75 Å². The van der Waals surface area contributed by atoms with Crippen LogP contribution in [0.15, 0.2) is 6.20 Å². The molecule has 21 heavy (non-hydrogen) atoms. The number of nitrogens with one attached hydrogen (secondary N) is 1. The van der Waals surface area contributed by atoms with Gasteiger partial charge < -0.3 is 20.2 Å². The van der Waals surface area contributed by atoms with Gasteiger partial charge in [-0.2, -0.15) is 13.2 Å². The Morgan fingerprint density at radius 2 is 2.05 bits per heavy atom. The molecular formula is C10H14F3N2O5P. The summed E-state index contributed by atoms with van der Waals surface area (Å²) in [5, 5.41) is 11.9. The molecule has 0 saturated heterocycles. The van der Waals surface area contributed by atoms with Crippen molar-refractivity contribution in [1.29, 1.82) is 0 Å². The molecule has 1 aromatic rings. The molecule has 0 aliphatic rings. The number of nitrogens with zero attached hydrogens (tertiary/aromatic N) is 1. The third kappa shape index (κ3) is 6.40. The van der Waals surface area contributed by atoms with Crippen molar-refractivity contribution in [3.63, 3.8) is 0 Å². The summed E-state index contributed by atoms with van der Waals surface area (Å²) in [4.78, 5) is 21.0. The van der Waals surface area contributed by atoms with Gasteiger partial charge in [-0.05, 0) is 6.92 Å². The number of rotatable bonds is 6. The predicted molar refractivity (Wildman–Crippen MR) is 65.2 cm³/mol. The van der Waals surface area contributed by atoms with Crippen LogP contribution in [0.1, 0.15) is 16.8 Å². The Bertz CT molecular complexity index is 546. The highest BCUT2D eigenvalue weighted by Gasteiger charge is 2.27. The van der Waals surface area contributed by atoms with Gasteiger partial charge in [0.1, 0.15) is 5.75 Å². The standard InChI is InChI=1S/C10H14F3N2O5P/c1-6-9(16)8(3-14-5-10(11,12)13)7(2-15-6)4-20-21(17,18)19/h2,14,16H,3-5H2,1H3,(H2,17,18,19). The van der Waals surface area contributed by atoms with Crippen LogP contribution in [-0.2, 0) is 22.2 Å². The number of hydrogen-bond donors (Lipinski definition) is 4. The zero-order valence-corrected chi connectivity index (χ0v) is 11.8. The van der Waals surface area contributed by atoms with E-state index in [-0.39, 0.29) is 29.1 Å². The molecule has 1 heterocycles. The lowest BCUT2D eigenvalue weighted by atomic mass is 10.1. The predicted octanol–water partition coefficient (Wildman–Crippen LogP) is 1.36. The van der Waals surface area contributed by atoms with Crippen LogP contribution >= 0.6 is 7.82 Å². The number of phosphoric ester groups is 1. The van der Waals surface area contributed by atoms with Crippen LogP contribution in [0.2, 0.25) is 0 Å². The third-order valence-electron chi connectivity index (χ3n) is 2.45. The first-order valence-corrected chi connectivity index (χ1v) is 7.16. The summed E-state index contributed by atoms with van der Waals surface area (Å²) in [6, 6.07) is 0. The number of phosphoric acid groups is 1. The van der Waals surface area contributed by atoms with Crippen molar-refractivity contribution in [3.8, 4) is 5.75 Å². The normalized spacial score (nSPS) is 12.7. The molecule has 0 spiro atoms. The molecule has 0 atom stereocenters. The van der Waals surface area contributed by atoms with Crippen molar-refractivity contribution in [2.75, 3.05) is 6.54 Å². The van der Waals surface area contributed by atoms with Crippen LogP contribution in [-0.4, -0.2) is 32.6 Å². The van der Waals surface area contributed by atoms with E-state index in [9.17, 15) is 22.8 Å². The average Bonchev–Trinajstić information content (AvgIpc) is 2.31.